The van der Waals surface area contributed by atoms with Crippen molar-refractivity contribution in [1.82, 2.24) is 15.1 Å². The van der Waals surface area contributed by atoms with E-state index in [0.717, 1.165) is 0 Å². The molecule has 142 valence electrons. The Balaban J connectivity index is 1.95. The summed E-state index contributed by atoms with van der Waals surface area (Å²) >= 11 is 0. The largest absolute Gasteiger partial charge is 0.444 e. The van der Waals surface area contributed by atoms with Gasteiger partial charge in [-0.1, -0.05) is 0 Å². The number of aromatic nitrogens is 2. The minimum atomic E-state index is -0.568. The van der Waals surface area contributed by atoms with Gasteiger partial charge in [0.15, 0.2) is 0 Å². The van der Waals surface area contributed by atoms with Crippen molar-refractivity contribution in [3.63, 3.8) is 0 Å². The van der Waals surface area contributed by atoms with Crippen molar-refractivity contribution in [3.8, 4) is 0 Å². The molecule has 0 aliphatic heterocycles. The van der Waals surface area contributed by atoms with Crippen LogP contribution in [0.4, 0.5) is 10.5 Å². The third kappa shape index (κ3) is 5.41. The standard InChI is InChI=1S/C17H24N4O5/c1-11(18-16(22)26-17(2,3)4)9-25-10-12-6-14-13(8-20(5)19-14)15(7-12)21(23)24/h6-8,11H,9-10H2,1-5H3,(H,18,22). The van der Waals surface area contributed by atoms with Gasteiger partial charge in [0.1, 0.15) is 5.60 Å². The Labute approximate surface area is 151 Å². The van der Waals surface area contributed by atoms with Gasteiger partial charge in [-0.25, -0.2) is 4.79 Å². The van der Waals surface area contributed by atoms with Crippen LogP contribution in [0.25, 0.3) is 10.9 Å². The molecule has 0 saturated carbocycles. The maximum atomic E-state index is 11.7. The topological polar surface area (TPSA) is 109 Å². The number of aryl methyl sites for hydroxylation is 1. The van der Waals surface area contributed by atoms with Gasteiger partial charge in [0.25, 0.3) is 5.69 Å². The molecule has 1 aromatic heterocycles. The van der Waals surface area contributed by atoms with E-state index in [-0.39, 0.29) is 24.9 Å². The number of ether oxygens (including phenoxy) is 2. The number of alkyl carbamates (subject to hydrolysis) is 1. The number of nitrogens with zero attached hydrogens (tertiary/aromatic N) is 3. The zero-order valence-electron chi connectivity index (χ0n) is 15.6. The van der Waals surface area contributed by atoms with Gasteiger partial charge in [0, 0.05) is 19.3 Å². The van der Waals surface area contributed by atoms with Crippen molar-refractivity contribution >= 4 is 22.7 Å². The van der Waals surface area contributed by atoms with E-state index in [4.69, 9.17) is 9.47 Å². The van der Waals surface area contributed by atoms with Crippen molar-refractivity contribution in [2.45, 2.75) is 45.9 Å². The van der Waals surface area contributed by atoms with E-state index in [0.29, 0.717) is 16.5 Å². The fraction of sp³-hybridized carbons (Fsp3) is 0.529. The maximum Gasteiger partial charge on any atom is 0.407 e. The maximum absolute atomic E-state index is 11.7. The highest BCUT2D eigenvalue weighted by atomic mass is 16.6. The molecule has 26 heavy (non-hydrogen) atoms. The highest BCUT2D eigenvalue weighted by Crippen LogP contribution is 2.26. The van der Waals surface area contributed by atoms with Crippen LogP contribution < -0.4 is 5.32 Å². The molecule has 2 aromatic rings. The first kappa shape index (κ1) is 19.6. The summed E-state index contributed by atoms with van der Waals surface area (Å²) < 4.78 is 12.3. The Morgan fingerprint density at radius 3 is 2.73 bits per heavy atom. The minimum Gasteiger partial charge on any atom is -0.444 e. The lowest BCUT2D eigenvalue weighted by molar-refractivity contribution is -0.383. The molecule has 1 N–H and O–H groups in total. The van der Waals surface area contributed by atoms with Gasteiger partial charge in [-0.3, -0.25) is 14.8 Å². The predicted octanol–water partition coefficient (Wildman–Crippen LogP) is 2.91. The molecule has 1 unspecified atom stereocenters. The SMILES string of the molecule is CC(COCc1cc([N+](=O)[O-])c2cn(C)nc2c1)NC(=O)OC(C)(C)C. The molecular weight excluding hydrogens is 340 g/mol. The number of benzene rings is 1. The second-order valence-electron chi connectivity index (χ2n) is 7.17. The van der Waals surface area contributed by atoms with E-state index in [2.05, 4.69) is 10.4 Å². The number of nitrogens with one attached hydrogen (secondary N) is 1. The summed E-state index contributed by atoms with van der Waals surface area (Å²) in [5.41, 5.74) is 0.614. The number of hydrogen-bond acceptors (Lipinski definition) is 6. The van der Waals surface area contributed by atoms with Crippen LogP contribution in [0.15, 0.2) is 18.3 Å². The average Bonchev–Trinajstić information content (AvgIpc) is 2.83. The van der Waals surface area contributed by atoms with Crippen LogP contribution in [0.1, 0.15) is 33.3 Å². The fourth-order valence-electron chi connectivity index (χ4n) is 2.42. The van der Waals surface area contributed by atoms with Gasteiger partial charge < -0.3 is 14.8 Å². The first-order valence-corrected chi connectivity index (χ1v) is 8.23. The monoisotopic (exact) mass is 364 g/mol. The second kappa shape index (κ2) is 7.69. The lowest BCUT2D eigenvalue weighted by atomic mass is 10.1. The Hall–Kier alpha value is -2.68. The Morgan fingerprint density at radius 2 is 2.12 bits per heavy atom. The highest BCUT2D eigenvalue weighted by Gasteiger charge is 2.19. The first-order valence-electron chi connectivity index (χ1n) is 8.23. The number of non-ortho nitro benzene ring substituents is 1. The third-order valence-corrected chi connectivity index (χ3v) is 3.37. The van der Waals surface area contributed by atoms with Crippen molar-refractivity contribution < 1.29 is 19.2 Å². The molecule has 0 fully saturated rings. The van der Waals surface area contributed by atoms with Gasteiger partial charge in [-0.2, -0.15) is 5.10 Å². The number of rotatable bonds is 6. The van der Waals surface area contributed by atoms with Gasteiger partial charge in [0.05, 0.1) is 35.1 Å². The second-order valence-corrected chi connectivity index (χ2v) is 7.17. The fourth-order valence-corrected chi connectivity index (χ4v) is 2.42. The summed E-state index contributed by atoms with van der Waals surface area (Å²) in [4.78, 5) is 22.5. The average molecular weight is 364 g/mol. The van der Waals surface area contributed by atoms with E-state index in [1.54, 1.807) is 47.0 Å². The van der Waals surface area contributed by atoms with Gasteiger partial charge >= 0.3 is 6.09 Å². The zero-order valence-corrected chi connectivity index (χ0v) is 15.6. The van der Waals surface area contributed by atoms with Crippen molar-refractivity contribution in [1.29, 1.82) is 0 Å². The molecule has 2 rings (SSSR count). The molecule has 0 bridgehead atoms. The van der Waals surface area contributed by atoms with Crippen LogP contribution in [-0.4, -0.2) is 39.0 Å². The van der Waals surface area contributed by atoms with E-state index >= 15 is 0 Å². The number of nitro benzene ring substituents is 1. The molecule has 9 nitrogen and oxygen atoms in total. The van der Waals surface area contributed by atoms with Crippen LogP contribution in [0.3, 0.4) is 0 Å². The van der Waals surface area contributed by atoms with E-state index in [9.17, 15) is 14.9 Å². The minimum absolute atomic E-state index is 0.00544. The van der Waals surface area contributed by atoms with Crippen LogP contribution >= 0.6 is 0 Å². The van der Waals surface area contributed by atoms with E-state index in [1.807, 2.05) is 0 Å². The molecule has 0 aliphatic rings. The lowest BCUT2D eigenvalue weighted by Crippen LogP contribution is -2.39. The number of fused-ring (bicyclic) bond motifs is 1. The smallest absolute Gasteiger partial charge is 0.407 e. The molecular formula is C17H24N4O5. The number of nitro groups is 1. The molecule has 1 amide bonds. The van der Waals surface area contributed by atoms with Crippen molar-refractivity contribution in [3.05, 3.63) is 34.0 Å². The van der Waals surface area contributed by atoms with Crippen LogP contribution in [0, 0.1) is 10.1 Å². The van der Waals surface area contributed by atoms with E-state index in [1.165, 1.54) is 10.7 Å². The molecule has 1 atom stereocenters. The molecule has 1 heterocycles. The number of carbonyl (C=O) groups is 1. The summed E-state index contributed by atoms with van der Waals surface area (Å²) in [5.74, 6) is 0. The normalized spacial score (nSPS) is 12.8. The molecule has 0 spiro atoms. The van der Waals surface area contributed by atoms with Crippen LogP contribution in [0.2, 0.25) is 0 Å². The van der Waals surface area contributed by atoms with Crippen molar-refractivity contribution in [2.75, 3.05) is 6.61 Å². The van der Waals surface area contributed by atoms with E-state index < -0.39 is 16.6 Å². The first-order chi connectivity index (χ1) is 12.0. The number of amides is 1. The Morgan fingerprint density at radius 1 is 1.42 bits per heavy atom. The molecule has 9 heteroatoms. The van der Waals surface area contributed by atoms with Gasteiger partial charge in [0.2, 0.25) is 0 Å². The highest BCUT2D eigenvalue weighted by molar-refractivity contribution is 5.88. The Bertz CT molecular complexity index is 809. The predicted molar refractivity (Wildman–Crippen MR) is 95.9 cm³/mol. The van der Waals surface area contributed by atoms with Crippen LogP contribution in [0.5, 0.6) is 0 Å². The van der Waals surface area contributed by atoms with Gasteiger partial charge in [-0.05, 0) is 39.3 Å². The number of carbonyl (C=O) groups excluding carboxylic acids is 1. The molecule has 1 aromatic carbocycles. The quantitative estimate of drug-likeness (QED) is 0.623. The molecule has 0 aliphatic carbocycles. The van der Waals surface area contributed by atoms with Crippen molar-refractivity contribution in [2.24, 2.45) is 7.05 Å². The summed E-state index contributed by atoms with van der Waals surface area (Å²) in [7, 11) is 1.71. The summed E-state index contributed by atoms with van der Waals surface area (Å²) in [6.45, 7) is 7.56. The Kier molecular flexibility index (Phi) is 5.81. The zero-order chi connectivity index (χ0) is 19.5. The van der Waals surface area contributed by atoms with Crippen LogP contribution in [-0.2, 0) is 23.1 Å². The summed E-state index contributed by atoms with van der Waals surface area (Å²) in [6.07, 6.45) is 1.10. The van der Waals surface area contributed by atoms with Gasteiger partial charge in [-0.15, -0.1) is 0 Å². The summed E-state index contributed by atoms with van der Waals surface area (Å²) in [6, 6.07) is 2.97. The number of hydrogen-bond donors (Lipinski definition) is 1. The lowest BCUT2D eigenvalue weighted by Gasteiger charge is -2.21. The third-order valence-electron chi connectivity index (χ3n) is 3.37. The summed E-state index contributed by atoms with van der Waals surface area (Å²) in [5, 5.41) is 18.6. The molecule has 0 saturated heterocycles. The molecule has 0 radical (unpaired) electrons.